The van der Waals surface area contributed by atoms with Crippen molar-refractivity contribution in [2.24, 2.45) is 0 Å². The summed E-state index contributed by atoms with van der Waals surface area (Å²) in [5, 5.41) is 6.09. The maximum absolute atomic E-state index is 12.8. The molecule has 134 valence electrons. The molecule has 5 heteroatoms. The highest BCUT2D eigenvalue weighted by Gasteiger charge is 2.03. The fourth-order valence-electron chi connectivity index (χ4n) is 2.59. The normalized spacial score (nSPS) is 10.4. The van der Waals surface area contributed by atoms with Crippen LogP contribution in [0.2, 0.25) is 0 Å². The van der Waals surface area contributed by atoms with Crippen LogP contribution in [0.25, 0.3) is 0 Å². The van der Waals surface area contributed by atoms with Crippen LogP contribution in [0.4, 0.5) is 15.8 Å². The van der Waals surface area contributed by atoms with Gasteiger partial charge in [-0.15, -0.1) is 0 Å². The molecule has 0 saturated carbocycles. The van der Waals surface area contributed by atoms with Crippen molar-refractivity contribution in [1.82, 2.24) is 5.32 Å². The molecular formula is C20H26FN3O. The van der Waals surface area contributed by atoms with E-state index in [-0.39, 0.29) is 11.7 Å². The monoisotopic (exact) mass is 343 g/mol. The van der Waals surface area contributed by atoms with Crippen LogP contribution in [-0.4, -0.2) is 25.5 Å². The van der Waals surface area contributed by atoms with E-state index in [4.69, 9.17) is 0 Å². The molecule has 0 aromatic heterocycles. The fourth-order valence-corrected chi connectivity index (χ4v) is 2.59. The molecule has 2 aromatic rings. The molecule has 0 spiro atoms. The summed E-state index contributed by atoms with van der Waals surface area (Å²) in [6, 6.07) is 14.4. The van der Waals surface area contributed by atoms with E-state index in [1.165, 1.54) is 17.8 Å². The van der Waals surface area contributed by atoms with Crippen LogP contribution in [0.1, 0.15) is 25.8 Å². The van der Waals surface area contributed by atoms with Crippen LogP contribution in [0, 0.1) is 5.82 Å². The molecule has 0 fully saturated rings. The molecule has 0 unspecified atom stereocenters. The summed E-state index contributed by atoms with van der Waals surface area (Å²) in [6.45, 7) is 7.23. The maximum atomic E-state index is 12.8. The molecule has 0 aliphatic heterocycles. The van der Waals surface area contributed by atoms with E-state index in [9.17, 15) is 9.18 Å². The lowest BCUT2D eigenvalue weighted by molar-refractivity contribution is -0.121. The standard InChI is InChI=1S/C20H26FN3O/c1-3-24(4-2)19-11-9-18(10-12-19)22-14-13-20(25)23-15-16-5-7-17(21)8-6-16/h5-12,22H,3-4,13-15H2,1-2H3,(H,23,25). The highest BCUT2D eigenvalue weighted by atomic mass is 19.1. The molecule has 25 heavy (non-hydrogen) atoms. The van der Waals surface area contributed by atoms with E-state index < -0.39 is 0 Å². The Morgan fingerprint density at radius 2 is 1.64 bits per heavy atom. The minimum atomic E-state index is -0.272. The minimum Gasteiger partial charge on any atom is -0.385 e. The van der Waals surface area contributed by atoms with Gasteiger partial charge in [0.25, 0.3) is 0 Å². The Kier molecular flexibility index (Phi) is 7.26. The van der Waals surface area contributed by atoms with Gasteiger partial charge in [-0.3, -0.25) is 4.79 Å². The number of halogens is 1. The van der Waals surface area contributed by atoms with Crippen LogP contribution >= 0.6 is 0 Å². The number of amides is 1. The Labute approximate surface area is 149 Å². The Morgan fingerprint density at radius 1 is 1.00 bits per heavy atom. The van der Waals surface area contributed by atoms with Crippen molar-refractivity contribution in [2.75, 3.05) is 29.9 Å². The van der Waals surface area contributed by atoms with Gasteiger partial charge in [-0.25, -0.2) is 4.39 Å². The predicted octanol–water partition coefficient (Wildman–Crippen LogP) is 3.79. The van der Waals surface area contributed by atoms with Crippen molar-refractivity contribution in [1.29, 1.82) is 0 Å². The van der Waals surface area contributed by atoms with Crippen molar-refractivity contribution >= 4 is 17.3 Å². The average molecular weight is 343 g/mol. The van der Waals surface area contributed by atoms with Gasteiger partial charge in [-0.1, -0.05) is 12.1 Å². The van der Waals surface area contributed by atoms with Gasteiger partial charge in [-0.2, -0.15) is 0 Å². The van der Waals surface area contributed by atoms with Gasteiger partial charge in [0.05, 0.1) is 0 Å². The number of carbonyl (C=O) groups excluding carboxylic acids is 1. The van der Waals surface area contributed by atoms with Crippen molar-refractivity contribution in [3.05, 3.63) is 59.9 Å². The van der Waals surface area contributed by atoms with E-state index in [1.54, 1.807) is 12.1 Å². The van der Waals surface area contributed by atoms with Crippen LogP contribution in [-0.2, 0) is 11.3 Å². The van der Waals surface area contributed by atoms with E-state index in [1.807, 2.05) is 12.1 Å². The van der Waals surface area contributed by atoms with Crippen LogP contribution in [0.15, 0.2) is 48.5 Å². The molecule has 0 atom stereocenters. The Hall–Kier alpha value is -2.56. The average Bonchev–Trinajstić information content (AvgIpc) is 2.63. The van der Waals surface area contributed by atoms with Gasteiger partial charge in [0, 0.05) is 44.0 Å². The number of anilines is 2. The second-order valence-corrected chi connectivity index (χ2v) is 5.80. The molecule has 0 radical (unpaired) electrons. The maximum Gasteiger partial charge on any atom is 0.222 e. The summed E-state index contributed by atoms with van der Waals surface area (Å²) in [6.07, 6.45) is 0.388. The number of rotatable bonds is 9. The molecule has 2 rings (SSSR count). The largest absolute Gasteiger partial charge is 0.385 e. The Bertz CT molecular complexity index is 652. The number of benzene rings is 2. The first kappa shape index (κ1) is 18.8. The van der Waals surface area contributed by atoms with Crippen LogP contribution < -0.4 is 15.5 Å². The SMILES string of the molecule is CCN(CC)c1ccc(NCCC(=O)NCc2ccc(F)cc2)cc1. The Balaban J connectivity index is 1.71. The minimum absolute atomic E-state index is 0.0309. The van der Waals surface area contributed by atoms with Crippen molar-refractivity contribution in [3.63, 3.8) is 0 Å². The summed E-state index contributed by atoms with van der Waals surface area (Å²) in [7, 11) is 0. The molecule has 2 N–H and O–H groups in total. The summed E-state index contributed by atoms with van der Waals surface area (Å²) in [4.78, 5) is 14.1. The lowest BCUT2D eigenvalue weighted by Gasteiger charge is -2.21. The summed E-state index contributed by atoms with van der Waals surface area (Å²) < 4.78 is 12.8. The topological polar surface area (TPSA) is 44.4 Å². The molecule has 2 aromatic carbocycles. The fraction of sp³-hybridized carbons (Fsp3) is 0.350. The van der Waals surface area contributed by atoms with Crippen molar-refractivity contribution in [2.45, 2.75) is 26.8 Å². The second kappa shape index (κ2) is 9.67. The zero-order chi connectivity index (χ0) is 18.1. The van der Waals surface area contributed by atoms with Gasteiger partial charge in [0.15, 0.2) is 0 Å². The lowest BCUT2D eigenvalue weighted by atomic mass is 10.2. The van der Waals surface area contributed by atoms with Crippen molar-refractivity contribution in [3.8, 4) is 0 Å². The third kappa shape index (κ3) is 6.10. The van der Waals surface area contributed by atoms with E-state index >= 15 is 0 Å². The molecule has 4 nitrogen and oxygen atoms in total. The zero-order valence-corrected chi connectivity index (χ0v) is 14.9. The van der Waals surface area contributed by atoms with Crippen LogP contribution in [0.3, 0.4) is 0 Å². The molecule has 1 amide bonds. The predicted molar refractivity (Wildman–Crippen MR) is 101 cm³/mol. The smallest absolute Gasteiger partial charge is 0.222 e. The summed E-state index contributed by atoms with van der Waals surface area (Å²) in [5.74, 6) is -0.303. The van der Waals surface area contributed by atoms with Crippen LogP contribution in [0.5, 0.6) is 0 Å². The number of nitrogens with one attached hydrogen (secondary N) is 2. The second-order valence-electron chi connectivity index (χ2n) is 5.80. The first-order valence-electron chi connectivity index (χ1n) is 8.72. The molecule has 0 aliphatic rings. The molecular weight excluding hydrogens is 317 g/mol. The van der Waals surface area contributed by atoms with E-state index in [0.29, 0.717) is 19.5 Å². The van der Waals surface area contributed by atoms with Crippen molar-refractivity contribution < 1.29 is 9.18 Å². The molecule has 0 aliphatic carbocycles. The van der Waals surface area contributed by atoms with Gasteiger partial charge in [0.2, 0.25) is 5.91 Å². The highest BCUT2D eigenvalue weighted by molar-refractivity contribution is 5.76. The summed E-state index contributed by atoms with van der Waals surface area (Å²) in [5.41, 5.74) is 3.09. The van der Waals surface area contributed by atoms with E-state index in [2.05, 4.69) is 41.5 Å². The third-order valence-corrected chi connectivity index (χ3v) is 4.08. The number of carbonyl (C=O) groups is 1. The first-order chi connectivity index (χ1) is 12.1. The number of nitrogens with zero attached hydrogens (tertiary/aromatic N) is 1. The van der Waals surface area contributed by atoms with Gasteiger partial charge >= 0.3 is 0 Å². The Morgan fingerprint density at radius 3 is 2.24 bits per heavy atom. The van der Waals surface area contributed by atoms with E-state index in [0.717, 1.165) is 24.3 Å². The molecule has 0 saturated heterocycles. The van der Waals surface area contributed by atoms with Gasteiger partial charge in [0.1, 0.15) is 5.82 Å². The third-order valence-electron chi connectivity index (χ3n) is 4.08. The highest BCUT2D eigenvalue weighted by Crippen LogP contribution is 2.17. The summed E-state index contributed by atoms with van der Waals surface area (Å²) >= 11 is 0. The zero-order valence-electron chi connectivity index (χ0n) is 14.9. The quantitative estimate of drug-likeness (QED) is 0.728. The van der Waals surface area contributed by atoms with Gasteiger partial charge in [-0.05, 0) is 55.8 Å². The number of hydrogen-bond donors (Lipinski definition) is 2. The lowest BCUT2D eigenvalue weighted by Crippen LogP contribution is -2.24. The van der Waals surface area contributed by atoms with Gasteiger partial charge < -0.3 is 15.5 Å². The number of hydrogen-bond acceptors (Lipinski definition) is 3. The molecule has 0 heterocycles. The molecule has 0 bridgehead atoms. The first-order valence-corrected chi connectivity index (χ1v) is 8.72.